The van der Waals surface area contributed by atoms with E-state index in [-0.39, 0.29) is 10.8 Å². The lowest BCUT2D eigenvalue weighted by molar-refractivity contribution is 0.00578. The Balaban J connectivity index is 1.77. The van der Waals surface area contributed by atoms with E-state index in [1.54, 1.807) is 0 Å². The minimum absolute atomic E-state index is 0.0323. The van der Waals surface area contributed by atoms with Gasteiger partial charge in [0.05, 0.1) is 27.9 Å². The highest BCUT2D eigenvalue weighted by molar-refractivity contribution is 7.21. The zero-order valence-corrected chi connectivity index (χ0v) is 24.6. The van der Waals surface area contributed by atoms with Crippen molar-refractivity contribution in [3.05, 3.63) is 58.5 Å². The molecule has 2 aromatic heterocycles. The van der Waals surface area contributed by atoms with Gasteiger partial charge >= 0.3 is 7.12 Å². The van der Waals surface area contributed by atoms with E-state index in [9.17, 15) is 4.79 Å². The van der Waals surface area contributed by atoms with Crippen LogP contribution in [-0.4, -0.2) is 29.2 Å². The molecule has 0 saturated carbocycles. The van der Waals surface area contributed by atoms with Crippen LogP contribution in [0.25, 0.3) is 27.5 Å². The van der Waals surface area contributed by atoms with Crippen LogP contribution in [0.1, 0.15) is 90.7 Å². The zero-order chi connectivity index (χ0) is 27.1. The van der Waals surface area contributed by atoms with Gasteiger partial charge in [-0.1, -0.05) is 53.7 Å². The molecule has 1 saturated heterocycles. The van der Waals surface area contributed by atoms with Crippen molar-refractivity contribution in [2.45, 2.75) is 91.3 Å². The number of hydrogen-bond acceptors (Lipinski definition) is 4. The van der Waals surface area contributed by atoms with Gasteiger partial charge in [0.1, 0.15) is 0 Å². The van der Waals surface area contributed by atoms with E-state index in [4.69, 9.17) is 9.31 Å². The lowest BCUT2D eigenvalue weighted by atomic mass is 9.84. The quantitative estimate of drug-likeness (QED) is 0.209. The number of rotatable bonds is 3. The van der Waals surface area contributed by atoms with Crippen LogP contribution < -0.4 is 4.78 Å². The Labute approximate surface area is 225 Å². The summed E-state index contributed by atoms with van der Waals surface area (Å²) < 4.78 is 15.7. The number of aromatic nitrogens is 1. The van der Waals surface area contributed by atoms with Gasteiger partial charge in [-0.05, 0) is 73.9 Å². The summed E-state index contributed by atoms with van der Waals surface area (Å²) >= 11 is 1.53. The molecule has 3 heterocycles. The van der Waals surface area contributed by atoms with Crippen LogP contribution in [0.5, 0.6) is 0 Å². The Bertz CT molecular complexity index is 1440. The smallest absolute Gasteiger partial charge is 0.399 e. The van der Waals surface area contributed by atoms with Gasteiger partial charge in [0.2, 0.25) is 0 Å². The molecule has 5 rings (SSSR count). The molecular weight excluding hydrogens is 477 g/mol. The standard InChI is InChI=1S/C31H38BNO3S/c1-28(2,3)19-11-13-24-21(15-19)22-16-20(29(4,5)6)12-14-25(22)33(24)26-18-37-27(23(26)17-34)32-35-30(7,8)31(9,10)36-32/h11-18H,1-10H3. The second kappa shape index (κ2) is 8.30. The van der Waals surface area contributed by atoms with Crippen molar-refractivity contribution >= 4 is 51.3 Å². The molecule has 0 radical (unpaired) electrons. The fourth-order valence-corrected chi connectivity index (χ4v) is 5.97. The molecule has 0 bridgehead atoms. The van der Waals surface area contributed by atoms with Crippen LogP contribution in [0.2, 0.25) is 0 Å². The lowest BCUT2D eigenvalue weighted by Gasteiger charge is -2.32. The SMILES string of the molecule is CC(C)(C)c1ccc2c(c1)c1cc(C(C)(C)C)ccc1n2-c1csc(B2OC(C)(C)C(C)(C)O2)c1C=O. The van der Waals surface area contributed by atoms with Gasteiger partial charge in [-0.15, -0.1) is 11.3 Å². The van der Waals surface area contributed by atoms with E-state index in [1.807, 2.05) is 27.7 Å². The zero-order valence-electron chi connectivity index (χ0n) is 23.8. The monoisotopic (exact) mass is 515 g/mol. The first kappa shape index (κ1) is 26.2. The Morgan fingerprint density at radius 2 is 1.27 bits per heavy atom. The van der Waals surface area contributed by atoms with Crippen LogP contribution in [0.3, 0.4) is 0 Å². The summed E-state index contributed by atoms with van der Waals surface area (Å²) in [4.78, 5) is 12.6. The highest BCUT2D eigenvalue weighted by Gasteiger charge is 2.53. The maximum Gasteiger partial charge on any atom is 0.506 e. The molecule has 0 aliphatic carbocycles. The molecule has 0 spiro atoms. The summed E-state index contributed by atoms with van der Waals surface area (Å²) in [5.41, 5.74) is 5.39. The minimum Gasteiger partial charge on any atom is -0.399 e. The number of fused-ring (bicyclic) bond motifs is 3. The maximum atomic E-state index is 12.6. The fraction of sp³-hybridized carbons (Fsp3) is 0.452. The van der Waals surface area contributed by atoms with Crippen molar-refractivity contribution in [1.82, 2.24) is 4.57 Å². The number of hydrogen-bond donors (Lipinski definition) is 0. The summed E-state index contributed by atoms with van der Waals surface area (Å²) in [5, 5.41) is 4.47. The number of carbonyl (C=O) groups excluding carboxylic acids is 1. The van der Waals surface area contributed by atoms with Gasteiger partial charge in [0, 0.05) is 26.5 Å². The van der Waals surface area contributed by atoms with Crippen molar-refractivity contribution in [2.75, 3.05) is 0 Å². The number of aldehydes is 1. The summed E-state index contributed by atoms with van der Waals surface area (Å²) in [6.45, 7) is 21.6. The van der Waals surface area contributed by atoms with Gasteiger partial charge in [-0.25, -0.2) is 0 Å². The van der Waals surface area contributed by atoms with Crippen LogP contribution in [0.15, 0.2) is 41.8 Å². The Hall–Kier alpha value is -2.41. The van der Waals surface area contributed by atoms with E-state index in [0.29, 0.717) is 5.56 Å². The molecule has 0 atom stereocenters. The minimum atomic E-state index is -0.572. The molecule has 1 aliphatic rings. The average molecular weight is 516 g/mol. The Morgan fingerprint density at radius 3 is 1.68 bits per heavy atom. The first-order chi connectivity index (χ1) is 17.0. The topological polar surface area (TPSA) is 40.5 Å². The van der Waals surface area contributed by atoms with Crippen LogP contribution >= 0.6 is 11.3 Å². The molecule has 37 heavy (non-hydrogen) atoms. The summed E-state index contributed by atoms with van der Waals surface area (Å²) in [7, 11) is -0.572. The number of nitrogens with zero attached hydrogens (tertiary/aromatic N) is 1. The second-order valence-electron chi connectivity index (χ2n) is 13.4. The molecule has 4 nitrogen and oxygen atoms in total. The van der Waals surface area contributed by atoms with Crippen molar-refractivity contribution in [1.29, 1.82) is 0 Å². The third-order valence-electron chi connectivity index (χ3n) is 8.16. The van der Waals surface area contributed by atoms with Crippen LogP contribution in [0, 0.1) is 0 Å². The van der Waals surface area contributed by atoms with Crippen molar-refractivity contribution in [2.24, 2.45) is 0 Å². The average Bonchev–Trinajstić information content (AvgIpc) is 3.40. The first-order valence-corrected chi connectivity index (χ1v) is 13.9. The summed E-state index contributed by atoms with van der Waals surface area (Å²) in [6, 6.07) is 13.5. The van der Waals surface area contributed by atoms with E-state index in [2.05, 4.69) is 87.9 Å². The maximum absolute atomic E-state index is 12.6. The lowest BCUT2D eigenvalue weighted by Crippen LogP contribution is -2.41. The number of carbonyl (C=O) groups is 1. The molecule has 2 aromatic carbocycles. The normalized spacial score (nSPS) is 17.7. The van der Waals surface area contributed by atoms with Crippen LogP contribution in [0.4, 0.5) is 0 Å². The summed E-state index contributed by atoms with van der Waals surface area (Å²) in [5.74, 6) is 0. The van der Waals surface area contributed by atoms with E-state index in [1.165, 1.54) is 33.2 Å². The third-order valence-corrected chi connectivity index (χ3v) is 9.17. The van der Waals surface area contributed by atoms with Gasteiger partial charge in [0.15, 0.2) is 6.29 Å². The van der Waals surface area contributed by atoms with E-state index < -0.39 is 18.3 Å². The Kier molecular flexibility index (Phi) is 5.88. The first-order valence-electron chi connectivity index (χ1n) is 13.1. The predicted octanol–water partition coefficient (Wildman–Crippen LogP) is 7.55. The molecule has 194 valence electrons. The highest BCUT2D eigenvalue weighted by atomic mass is 32.1. The van der Waals surface area contributed by atoms with Crippen molar-refractivity contribution < 1.29 is 14.1 Å². The van der Waals surface area contributed by atoms with Gasteiger partial charge in [-0.3, -0.25) is 4.79 Å². The summed E-state index contributed by atoms with van der Waals surface area (Å²) in [6.07, 6.45) is 0.955. The van der Waals surface area contributed by atoms with E-state index >= 15 is 0 Å². The highest BCUT2D eigenvalue weighted by Crippen LogP contribution is 2.40. The fourth-order valence-electron chi connectivity index (χ4n) is 5.01. The van der Waals surface area contributed by atoms with Crippen molar-refractivity contribution in [3.63, 3.8) is 0 Å². The molecule has 6 heteroatoms. The molecule has 0 N–H and O–H groups in total. The van der Waals surface area contributed by atoms with Gasteiger partial charge in [-0.2, -0.15) is 0 Å². The molecule has 1 aliphatic heterocycles. The van der Waals surface area contributed by atoms with Crippen molar-refractivity contribution in [3.8, 4) is 5.69 Å². The van der Waals surface area contributed by atoms with Crippen LogP contribution in [-0.2, 0) is 20.1 Å². The Morgan fingerprint density at radius 1 is 0.811 bits per heavy atom. The number of benzene rings is 2. The predicted molar refractivity (Wildman–Crippen MR) is 157 cm³/mol. The van der Waals surface area contributed by atoms with Gasteiger partial charge < -0.3 is 13.9 Å². The molecule has 0 amide bonds. The van der Waals surface area contributed by atoms with E-state index in [0.717, 1.165) is 27.8 Å². The molecular formula is C31H38BNO3S. The third kappa shape index (κ3) is 4.18. The molecule has 0 unspecified atom stereocenters. The number of thiophene rings is 1. The largest absolute Gasteiger partial charge is 0.506 e. The van der Waals surface area contributed by atoms with Gasteiger partial charge in [0.25, 0.3) is 0 Å². The second-order valence-corrected chi connectivity index (χ2v) is 14.3. The molecule has 4 aromatic rings. The molecule has 1 fully saturated rings.